The van der Waals surface area contributed by atoms with Crippen LogP contribution >= 0.6 is 24.0 Å². The Morgan fingerprint density at radius 1 is 1.41 bits per heavy atom. The summed E-state index contributed by atoms with van der Waals surface area (Å²) in [5.74, 6) is 1.69. The fraction of sp³-hybridized carbons (Fsp3) is 0.800. The molecule has 1 heterocycles. The Hall–Kier alpha value is -0.860. The molecule has 128 valence electrons. The third-order valence-corrected chi connectivity index (χ3v) is 3.24. The maximum atomic E-state index is 4.57. The maximum Gasteiger partial charge on any atom is 0.191 e. The smallest absolute Gasteiger partial charge is 0.191 e. The van der Waals surface area contributed by atoms with Crippen LogP contribution in [0, 0.1) is 5.41 Å². The van der Waals surface area contributed by atoms with Crippen molar-refractivity contribution in [3.05, 3.63) is 12.2 Å². The van der Waals surface area contributed by atoms with Gasteiger partial charge in [0.1, 0.15) is 12.9 Å². The topological polar surface area (TPSA) is 67.1 Å². The molecule has 0 spiro atoms. The quantitative estimate of drug-likeness (QED) is 0.420. The average molecular weight is 422 g/mol. The molecule has 1 aromatic heterocycles. The average Bonchev–Trinajstić information content (AvgIpc) is 2.79. The van der Waals surface area contributed by atoms with Gasteiger partial charge in [-0.2, -0.15) is 0 Å². The molecule has 1 atom stereocenters. The molecule has 2 N–H and O–H groups in total. The first-order chi connectivity index (χ1) is 9.81. The Balaban J connectivity index is 0.00000441. The van der Waals surface area contributed by atoms with Gasteiger partial charge in [-0.15, -0.1) is 34.2 Å². The molecule has 1 rings (SSSR count). The summed E-state index contributed by atoms with van der Waals surface area (Å²) in [7, 11) is 1.93. The number of aromatic nitrogens is 3. The summed E-state index contributed by atoms with van der Waals surface area (Å²) >= 11 is 0. The molecule has 0 saturated carbocycles. The lowest BCUT2D eigenvalue weighted by Crippen LogP contribution is -2.42. The first-order valence-electron chi connectivity index (χ1n) is 7.69. The third kappa shape index (κ3) is 8.55. The Bertz CT molecular complexity index is 449. The molecular weight excluding hydrogens is 391 g/mol. The fourth-order valence-electron chi connectivity index (χ4n) is 1.88. The van der Waals surface area contributed by atoms with Gasteiger partial charge >= 0.3 is 0 Å². The van der Waals surface area contributed by atoms with E-state index >= 15 is 0 Å². The first kappa shape index (κ1) is 21.1. The molecule has 0 fully saturated rings. The van der Waals surface area contributed by atoms with Crippen LogP contribution in [-0.4, -0.2) is 33.3 Å². The monoisotopic (exact) mass is 422 g/mol. The van der Waals surface area contributed by atoms with Crippen molar-refractivity contribution in [2.45, 2.75) is 60.0 Å². The molecule has 6 nitrogen and oxygen atoms in total. The summed E-state index contributed by atoms with van der Waals surface area (Å²) in [4.78, 5) is 4.57. The van der Waals surface area contributed by atoms with Crippen molar-refractivity contribution >= 4 is 29.9 Å². The third-order valence-electron chi connectivity index (χ3n) is 3.24. The van der Waals surface area contributed by atoms with Crippen molar-refractivity contribution < 1.29 is 0 Å². The van der Waals surface area contributed by atoms with Crippen LogP contribution in [0.3, 0.4) is 0 Å². The van der Waals surface area contributed by atoms with Gasteiger partial charge in [0.15, 0.2) is 11.8 Å². The number of nitrogens with zero attached hydrogens (tertiary/aromatic N) is 4. The van der Waals surface area contributed by atoms with Gasteiger partial charge in [-0.3, -0.25) is 0 Å². The van der Waals surface area contributed by atoms with Gasteiger partial charge in [0.2, 0.25) is 0 Å². The summed E-state index contributed by atoms with van der Waals surface area (Å²) in [5.41, 5.74) is 0.365. The molecule has 1 unspecified atom stereocenters. The first-order valence-corrected chi connectivity index (χ1v) is 7.69. The lowest BCUT2D eigenvalue weighted by atomic mass is 9.89. The molecule has 0 aromatic carbocycles. The van der Waals surface area contributed by atoms with Gasteiger partial charge in [0, 0.05) is 19.6 Å². The number of guanidine groups is 1. The molecule has 0 radical (unpaired) electrons. The molecule has 0 amide bonds. The highest BCUT2D eigenvalue weighted by atomic mass is 127. The van der Waals surface area contributed by atoms with Crippen molar-refractivity contribution in [3.8, 4) is 0 Å². The number of aryl methyl sites for hydroxylation is 1. The molecule has 22 heavy (non-hydrogen) atoms. The van der Waals surface area contributed by atoms with E-state index in [0.717, 1.165) is 24.7 Å². The second-order valence-electron chi connectivity index (χ2n) is 6.70. The highest BCUT2D eigenvalue weighted by Crippen LogP contribution is 2.21. The highest BCUT2D eigenvalue weighted by Gasteiger charge is 2.13. The van der Waals surface area contributed by atoms with Crippen LogP contribution in [0.15, 0.2) is 11.3 Å². The molecule has 7 heteroatoms. The molecule has 1 aromatic rings. The van der Waals surface area contributed by atoms with E-state index in [1.165, 1.54) is 6.42 Å². The second-order valence-corrected chi connectivity index (χ2v) is 6.70. The summed E-state index contributed by atoms with van der Waals surface area (Å²) in [6.07, 6.45) is 4.00. The molecule has 0 bridgehead atoms. The van der Waals surface area contributed by atoms with Gasteiger partial charge in [-0.05, 0) is 32.1 Å². The standard InChI is InChI=1S/C15H30N6.HI/c1-7-16-14(17-10-13-20-18-11-21(13)6)19-12(2)8-9-15(3,4)5;/h11-12H,7-10H2,1-6H3,(H2,16,17,19);1H. The van der Waals surface area contributed by atoms with Gasteiger partial charge in [-0.1, -0.05) is 20.8 Å². The number of nitrogens with one attached hydrogen (secondary N) is 2. The van der Waals surface area contributed by atoms with E-state index in [0.29, 0.717) is 18.0 Å². The Kier molecular flexibility index (Phi) is 9.63. The molecule has 0 aliphatic rings. The van der Waals surface area contributed by atoms with E-state index in [4.69, 9.17) is 0 Å². The van der Waals surface area contributed by atoms with Crippen LogP contribution in [0.5, 0.6) is 0 Å². The number of aliphatic imine (C=N–C) groups is 1. The number of rotatable bonds is 6. The normalized spacial score (nSPS) is 13.5. The van der Waals surface area contributed by atoms with Crippen molar-refractivity contribution in [1.29, 1.82) is 0 Å². The summed E-state index contributed by atoms with van der Waals surface area (Å²) in [5, 5.41) is 14.6. The van der Waals surface area contributed by atoms with Gasteiger partial charge < -0.3 is 15.2 Å². The predicted molar refractivity (Wildman–Crippen MR) is 103 cm³/mol. The Labute approximate surface area is 151 Å². The van der Waals surface area contributed by atoms with E-state index in [1.54, 1.807) is 6.33 Å². The van der Waals surface area contributed by atoms with E-state index < -0.39 is 0 Å². The number of halogens is 1. The van der Waals surface area contributed by atoms with Crippen LogP contribution in [0.1, 0.15) is 53.3 Å². The predicted octanol–water partition coefficient (Wildman–Crippen LogP) is 2.70. The van der Waals surface area contributed by atoms with Crippen LogP contribution < -0.4 is 10.6 Å². The second kappa shape index (κ2) is 10.0. The molecule has 0 saturated heterocycles. The zero-order valence-corrected chi connectivity index (χ0v) is 17.0. The SMILES string of the molecule is CCNC(=NCc1nncn1C)NC(C)CCC(C)(C)C.I. The van der Waals surface area contributed by atoms with Crippen LogP contribution in [0.4, 0.5) is 0 Å². The van der Waals surface area contributed by atoms with Crippen molar-refractivity contribution in [2.75, 3.05) is 6.54 Å². The summed E-state index contributed by atoms with van der Waals surface area (Å²) in [6, 6.07) is 0.390. The minimum atomic E-state index is 0. The van der Waals surface area contributed by atoms with Crippen LogP contribution in [0.25, 0.3) is 0 Å². The lowest BCUT2D eigenvalue weighted by molar-refractivity contribution is 0.346. The Morgan fingerprint density at radius 2 is 2.09 bits per heavy atom. The van der Waals surface area contributed by atoms with Crippen molar-refractivity contribution in [2.24, 2.45) is 17.5 Å². The summed E-state index contributed by atoms with van der Waals surface area (Å²) in [6.45, 7) is 12.4. The van der Waals surface area contributed by atoms with Crippen molar-refractivity contribution in [3.63, 3.8) is 0 Å². The largest absolute Gasteiger partial charge is 0.357 e. The maximum absolute atomic E-state index is 4.57. The zero-order chi connectivity index (χ0) is 15.9. The number of hydrogen-bond donors (Lipinski definition) is 2. The zero-order valence-electron chi connectivity index (χ0n) is 14.7. The van der Waals surface area contributed by atoms with E-state index in [9.17, 15) is 0 Å². The number of hydrogen-bond acceptors (Lipinski definition) is 3. The van der Waals surface area contributed by atoms with Gasteiger partial charge in [0.25, 0.3) is 0 Å². The minimum Gasteiger partial charge on any atom is -0.357 e. The van der Waals surface area contributed by atoms with Gasteiger partial charge in [-0.25, -0.2) is 4.99 Å². The van der Waals surface area contributed by atoms with E-state index in [2.05, 4.69) is 60.4 Å². The Morgan fingerprint density at radius 3 is 2.59 bits per heavy atom. The summed E-state index contributed by atoms with van der Waals surface area (Å²) < 4.78 is 1.89. The van der Waals surface area contributed by atoms with Crippen molar-refractivity contribution in [1.82, 2.24) is 25.4 Å². The highest BCUT2D eigenvalue weighted by molar-refractivity contribution is 14.0. The van der Waals surface area contributed by atoms with Crippen LogP contribution in [-0.2, 0) is 13.6 Å². The molecular formula is C15H31IN6. The van der Waals surface area contributed by atoms with E-state index in [1.807, 2.05) is 11.6 Å². The minimum absolute atomic E-state index is 0. The molecule has 0 aliphatic carbocycles. The van der Waals surface area contributed by atoms with E-state index in [-0.39, 0.29) is 24.0 Å². The molecule has 0 aliphatic heterocycles. The lowest BCUT2D eigenvalue weighted by Gasteiger charge is -2.23. The van der Waals surface area contributed by atoms with Crippen LogP contribution in [0.2, 0.25) is 0 Å². The van der Waals surface area contributed by atoms with Gasteiger partial charge in [0.05, 0.1) is 0 Å². The fourth-order valence-corrected chi connectivity index (χ4v) is 1.88.